The van der Waals surface area contributed by atoms with Crippen LogP contribution in [0.1, 0.15) is 13.8 Å². The van der Waals surface area contributed by atoms with Crippen LogP contribution in [0, 0.1) is 0 Å². The number of hydrogen-bond donors (Lipinski definition) is 0. The van der Waals surface area contributed by atoms with Gasteiger partial charge in [0, 0.05) is 18.6 Å². The van der Waals surface area contributed by atoms with Crippen LogP contribution >= 0.6 is 0 Å². The number of allylic oxidation sites excluding steroid dienone is 1. The van der Waals surface area contributed by atoms with Crippen molar-refractivity contribution in [3.05, 3.63) is 12.3 Å². The molecule has 0 amide bonds. The molecule has 1 aliphatic heterocycles. The van der Waals surface area contributed by atoms with Gasteiger partial charge in [0.25, 0.3) is 0 Å². The van der Waals surface area contributed by atoms with E-state index in [9.17, 15) is 0 Å². The number of aliphatic imine (C=N–C) groups is 2. The van der Waals surface area contributed by atoms with E-state index in [0.29, 0.717) is 0 Å². The topological polar surface area (TPSA) is 24.7 Å². The summed E-state index contributed by atoms with van der Waals surface area (Å²) in [5, 5.41) is 0. The summed E-state index contributed by atoms with van der Waals surface area (Å²) in [7, 11) is 0. The van der Waals surface area contributed by atoms with Crippen molar-refractivity contribution in [2.75, 3.05) is 0 Å². The van der Waals surface area contributed by atoms with Crippen LogP contribution in [-0.2, 0) is 0 Å². The van der Waals surface area contributed by atoms with E-state index in [-0.39, 0.29) is 5.54 Å². The average molecular weight is 122 g/mol. The van der Waals surface area contributed by atoms with Gasteiger partial charge in [0.05, 0.1) is 5.54 Å². The molecule has 9 heavy (non-hydrogen) atoms. The van der Waals surface area contributed by atoms with Gasteiger partial charge in [-0.05, 0) is 19.9 Å². The highest BCUT2D eigenvalue weighted by atomic mass is 14.9. The predicted molar refractivity (Wildman–Crippen MR) is 40.2 cm³/mol. The molecule has 1 aliphatic rings. The van der Waals surface area contributed by atoms with E-state index >= 15 is 0 Å². The molecule has 2 nitrogen and oxygen atoms in total. The molecule has 0 aromatic carbocycles. The van der Waals surface area contributed by atoms with Gasteiger partial charge in [-0.1, -0.05) is 0 Å². The van der Waals surface area contributed by atoms with E-state index < -0.39 is 0 Å². The van der Waals surface area contributed by atoms with E-state index in [1.807, 2.05) is 26.1 Å². The molecule has 0 saturated carbocycles. The van der Waals surface area contributed by atoms with Crippen LogP contribution in [0.5, 0.6) is 0 Å². The molecule has 0 saturated heterocycles. The van der Waals surface area contributed by atoms with E-state index in [0.717, 1.165) is 0 Å². The third-order valence-corrected chi connectivity index (χ3v) is 1.06. The molecule has 1 rings (SSSR count). The summed E-state index contributed by atoms with van der Waals surface area (Å²) >= 11 is 0. The molecule has 0 spiro atoms. The van der Waals surface area contributed by atoms with Crippen LogP contribution in [0.3, 0.4) is 0 Å². The second kappa shape index (κ2) is 2.13. The fourth-order valence-electron chi connectivity index (χ4n) is 0.582. The maximum Gasteiger partial charge on any atom is 0.0901 e. The van der Waals surface area contributed by atoms with Gasteiger partial charge in [-0.2, -0.15) is 0 Å². The quantitative estimate of drug-likeness (QED) is 0.464. The number of nitrogens with zero attached hydrogens (tertiary/aromatic N) is 2. The minimum atomic E-state index is -0.122. The van der Waals surface area contributed by atoms with Crippen LogP contribution in [0.4, 0.5) is 0 Å². The largest absolute Gasteiger partial charge is 0.281 e. The molecule has 0 fully saturated rings. The lowest BCUT2D eigenvalue weighted by Gasteiger charge is -2.09. The normalized spacial score (nSPS) is 22.0. The summed E-state index contributed by atoms with van der Waals surface area (Å²) in [6, 6.07) is 0. The standard InChI is InChI=1S/C7H10N2/c1-7(2)6-8-4-3-5-9-7/h3-6H,1-2H3. The van der Waals surface area contributed by atoms with Gasteiger partial charge in [0.1, 0.15) is 0 Å². The Balaban J connectivity index is 2.82. The lowest BCUT2D eigenvalue weighted by atomic mass is 10.1. The first kappa shape index (κ1) is 6.20. The SMILES string of the molecule is CC1(C)C=NC=CC=N1. The molecule has 0 unspecified atom stereocenters. The Bertz CT molecular complexity index is 157. The van der Waals surface area contributed by atoms with Crippen molar-refractivity contribution < 1.29 is 0 Å². The average Bonchev–Trinajstić information content (AvgIpc) is 1.92. The Hall–Kier alpha value is -0.920. The van der Waals surface area contributed by atoms with Crippen LogP contribution in [-0.4, -0.2) is 18.0 Å². The van der Waals surface area contributed by atoms with E-state index in [2.05, 4.69) is 9.98 Å². The zero-order valence-corrected chi connectivity index (χ0v) is 5.70. The molecule has 48 valence electrons. The number of hydrogen-bond acceptors (Lipinski definition) is 2. The zero-order chi connectivity index (χ0) is 6.74. The molecule has 0 bridgehead atoms. The highest BCUT2D eigenvalue weighted by Crippen LogP contribution is 2.05. The first-order valence-electron chi connectivity index (χ1n) is 2.95. The molecule has 0 aromatic rings. The summed E-state index contributed by atoms with van der Waals surface area (Å²) in [6.07, 6.45) is 7.16. The van der Waals surface area contributed by atoms with Crippen molar-refractivity contribution in [2.24, 2.45) is 9.98 Å². The predicted octanol–water partition coefficient (Wildman–Crippen LogP) is 1.43. The van der Waals surface area contributed by atoms with Crippen molar-refractivity contribution in [1.29, 1.82) is 0 Å². The maximum atomic E-state index is 4.19. The minimum absolute atomic E-state index is 0.122. The summed E-state index contributed by atoms with van der Waals surface area (Å²) in [5.74, 6) is 0. The first-order chi connectivity index (χ1) is 4.21. The Morgan fingerprint density at radius 1 is 1.33 bits per heavy atom. The Morgan fingerprint density at radius 3 is 2.89 bits per heavy atom. The molecule has 0 atom stereocenters. The monoisotopic (exact) mass is 122 g/mol. The smallest absolute Gasteiger partial charge is 0.0901 e. The minimum Gasteiger partial charge on any atom is -0.281 e. The number of rotatable bonds is 0. The van der Waals surface area contributed by atoms with Gasteiger partial charge in [0.2, 0.25) is 0 Å². The summed E-state index contributed by atoms with van der Waals surface area (Å²) in [5.41, 5.74) is -0.122. The fraction of sp³-hybridized carbons (Fsp3) is 0.429. The van der Waals surface area contributed by atoms with Gasteiger partial charge < -0.3 is 0 Å². The van der Waals surface area contributed by atoms with Crippen molar-refractivity contribution in [3.8, 4) is 0 Å². The Kier molecular flexibility index (Phi) is 1.47. The van der Waals surface area contributed by atoms with E-state index in [4.69, 9.17) is 0 Å². The van der Waals surface area contributed by atoms with Crippen LogP contribution in [0.15, 0.2) is 22.3 Å². The summed E-state index contributed by atoms with van der Waals surface area (Å²) < 4.78 is 0. The van der Waals surface area contributed by atoms with Crippen molar-refractivity contribution in [3.63, 3.8) is 0 Å². The molecule has 2 heteroatoms. The Morgan fingerprint density at radius 2 is 2.11 bits per heavy atom. The van der Waals surface area contributed by atoms with Crippen molar-refractivity contribution >= 4 is 12.4 Å². The second-order valence-electron chi connectivity index (χ2n) is 2.55. The molecule has 0 aromatic heterocycles. The molecular formula is C7H10N2. The zero-order valence-electron chi connectivity index (χ0n) is 5.70. The third-order valence-electron chi connectivity index (χ3n) is 1.06. The summed E-state index contributed by atoms with van der Waals surface area (Å²) in [4.78, 5) is 8.19. The first-order valence-corrected chi connectivity index (χ1v) is 2.95. The second-order valence-corrected chi connectivity index (χ2v) is 2.55. The highest BCUT2D eigenvalue weighted by molar-refractivity contribution is 5.80. The van der Waals surface area contributed by atoms with Gasteiger partial charge >= 0.3 is 0 Å². The van der Waals surface area contributed by atoms with Gasteiger partial charge in [0.15, 0.2) is 0 Å². The van der Waals surface area contributed by atoms with E-state index in [1.54, 1.807) is 12.4 Å². The van der Waals surface area contributed by atoms with Crippen LogP contribution in [0.25, 0.3) is 0 Å². The molecular weight excluding hydrogens is 112 g/mol. The lowest BCUT2D eigenvalue weighted by molar-refractivity contribution is 0.723. The lowest BCUT2D eigenvalue weighted by Crippen LogP contribution is -2.17. The molecule has 1 heterocycles. The van der Waals surface area contributed by atoms with Crippen molar-refractivity contribution in [2.45, 2.75) is 19.4 Å². The highest BCUT2D eigenvalue weighted by Gasteiger charge is 2.10. The van der Waals surface area contributed by atoms with Gasteiger partial charge in [-0.15, -0.1) is 0 Å². The fourth-order valence-corrected chi connectivity index (χ4v) is 0.582. The molecule has 0 radical (unpaired) electrons. The van der Waals surface area contributed by atoms with Crippen LogP contribution in [0.2, 0.25) is 0 Å². The Labute approximate surface area is 55.0 Å². The van der Waals surface area contributed by atoms with Crippen molar-refractivity contribution in [1.82, 2.24) is 0 Å². The molecule has 0 N–H and O–H groups in total. The van der Waals surface area contributed by atoms with Gasteiger partial charge in [-0.3, -0.25) is 9.98 Å². The summed E-state index contributed by atoms with van der Waals surface area (Å²) in [6.45, 7) is 4.03. The molecule has 0 aliphatic carbocycles. The van der Waals surface area contributed by atoms with E-state index in [1.165, 1.54) is 0 Å². The van der Waals surface area contributed by atoms with Gasteiger partial charge in [-0.25, -0.2) is 0 Å². The van der Waals surface area contributed by atoms with Crippen LogP contribution < -0.4 is 0 Å². The maximum absolute atomic E-state index is 4.19. The third kappa shape index (κ3) is 1.80.